The van der Waals surface area contributed by atoms with Crippen molar-refractivity contribution in [2.45, 2.75) is 32.6 Å². The van der Waals surface area contributed by atoms with Crippen LogP contribution in [0.4, 0.5) is 5.82 Å². The van der Waals surface area contributed by atoms with E-state index in [-0.39, 0.29) is 11.8 Å². The van der Waals surface area contributed by atoms with E-state index in [1.54, 1.807) is 11.8 Å². The van der Waals surface area contributed by atoms with E-state index in [9.17, 15) is 4.79 Å². The fourth-order valence-electron chi connectivity index (χ4n) is 3.23. The molecule has 2 aromatic rings. The van der Waals surface area contributed by atoms with Crippen molar-refractivity contribution < 1.29 is 14.3 Å². The molecule has 0 bridgehead atoms. The number of hydrogen-bond donors (Lipinski definition) is 1. The number of nitrogens with zero attached hydrogens (tertiary/aromatic N) is 2. The Morgan fingerprint density at radius 2 is 2.17 bits per heavy atom. The highest BCUT2D eigenvalue weighted by atomic mass is 16.5. The zero-order valence-corrected chi connectivity index (χ0v) is 14.5. The van der Waals surface area contributed by atoms with E-state index in [1.807, 2.05) is 32.2 Å². The Balaban J connectivity index is 2.04. The molecule has 0 aliphatic carbocycles. The Morgan fingerprint density at radius 3 is 2.88 bits per heavy atom. The number of hydrogen-bond acceptors (Lipinski definition) is 4. The van der Waals surface area contributed by atoms with Crippen LogP contribution in [0.15, 0.2) is 18.2 Å². The van der Waals surface area contributed by atoms with E-state index < -0.39 is 0 Å². The maximum atomic E-state index is 12.1. The first-order valence-electron chi connectivity index (χ1n) is 8.19. The third-order valence-corrected chi connectivity index (χ3v) is 4.32. The SMILES string of the molecule is CCCOc1cc([C@@H]2CC(=O)Nc3c2c(C)nn3C)ccc1OC. The van der Waals surface area contributed by atoms with Gasteiger partial charge in [-0.1, -0.05) is 13.0 Å². The minimum atomic E-state index is -0.0302. The second-order valence-electron chi connectivity index (χ2n) is 6.03. The number of methoxy groups -OCH3 is 1. The van der Waals surface area contributed by atoms with Gasteiger partial charge >= 0.3 is 0 Å². The highest BCUT2D eigenvalue weighted by Crippen LogP contribution is 2.41. The van der Waals surface area contributed by atoms with E-state index >= 15 is 0 Å². The molecule has 3 rings (SSSR count). The van der Waals surface area contributed by atoms with Crippen LogP contribution >= 0.6 is 0 Å². The molecule has 1 aromatic carbocycles. The number of anilines is 1. The number of aryl methyl sites for hydroxylation is 2. The molecule has 1 aliphatic heterocycles. The van der Waals surface area contributed by atoms with Crippen LogP contribution in [0.3, 0.4) is 0 Å². The van der Waals surface area contributed by atoms with Crippen LogP contribution in [0.2, 0.25) is 0 Å². The minimum absolute atomic E-state index is 0.00217. The highest BCUT2D eigenvalue weighted by Gasteiger charge is 2.32. The van der Waals surface area contributed by atoms with Gasteiger partial charge in [0, 0.05) is 24.9 Å². The van der Waals surface area contributed by atoms with Gasteiger partial charge in [0.25, 0.3) is 0 Å². The number of amides is 1. The highest BCUT2D eigenvalue weighted by molar-refractivity contribution is 5.94. The van der Waals surface area contributed by atoms with Gasteiger partial charge in [0.1, 0.15) is 5.82 Å². The summed E-state index contributed by atoms with van der Waals surface area (Å²) in [6.45, 7) is 4.66. The molecule has 6 nitrogen and oxygen atoms in total. The first-order chi connectivity index (χ1) is 11.5. The molecule has 0 saturated carbocycles. The van der Waals surface area contributed by atoms with Gasteiger partial charge in [-0.05, 0) is 31.0 Å². The van der Waals surface area contributed by atoms with E-state index in [4.69, 9.17) is 9.47 Å². The summed E-state index contributed by atoms with van der Waals surface area (Å²) in [5.74, 6) is 2.17. The number of benzene rings is 1. The predicted molar refractivity (Wildman–Crippen MR) is 91.8 cm³/mol. The van der Waals surface area contributed by atoms with E-state index in [1.165, 1.54) is 0 Å². The van der Waals surface area contributed by atoms with Crippen LogP contribution in [0.25, 0.3) is 0 Å². The summed E-state index contributed by atoms with van der Waals surface area (Å²) < 4.78 is 12.9. The second-order valence-corrected chi connectivity index (χ2v) is 6.03. The summed E-state index contributed by atoms with van der Waals surface area (Å²) in [6.07, 6.45) is 1.32. The number of ether oxygens (including phenoxy) is 2. The van der Waals surface area contributed by atoms with Gasteiger partial charge in [-0.3, -0.25) is 9.48 Å². The fraction of sp³-hybridized carbons (Fsp3) is 0.444. The average molecular weight is 329 g/mol. The van der Waals surface area contributed by atoms with E-state index in [2.05, 4.69) is 17.3 Å². The monoisotopic (exact) mass is 329 g/mol. The van der Waals surface area contributed by atoms with Gasteiger partial charge in [0.15, 0.2) is 11.5 Å². The second kappa shape index (κ2) is 6.55. The summed E-state index contributed by atoms with van der Waals surface area (Å²) >= 11 is 0. The molecule has 0 saturated heterocycles. The molecule has 0 radical (unpaired) electrons. The van der Waals surface area contributed by atoms with Crippen LogP contribution < -0.4 is 14.8 Å². The first kappa shape index (κ1) is 16.4. The Morgan fingerprint density at radius 1 is 1.38 bits per heavy atom. The minimum Gasteiger partial charge on any atom is -0.493 e. The van der Waals surface area contributed by atoms with Gasteiger partial charge in [0.05, 0.1) is 19.4 Å². The summed E-state index contributed by atoms with van der Waals surface area (Å²) in [7, 11) is 3.48. The van der Waals surface area contributed by atoms with Gasteiger partial charge in [-0.15, -0.1) is 0 Å². The molecule has 128 valence electrons. The average Bonchev–Trinajstić information content (AvgIpc) is 2.86. The lowest BCUT2D eigenvalue weighted by Crippen LogP contribution is -2.24. The van der Waals surface area contributed by atoms with Crippen molar-refractivity contribution in [1.29, 1.82) is 0 Å². The molecule has 1 amide bonds. The van der Waals surface area contributed by atoms with Crippen LogP contribution in [0.5, 0.6) is 11.5 Å². The Bertz CT molecular complexity index is 767. The molecular weight excluding hydrogens is 306 g/mol. The maximum Gasteiger partial charge on any atom is 0.226 e. The quantitative estimate of drug-likeness (QED) is 0.916. The van der Waals surface area contributed by atoms with Crippen molar-refractivity contribution in [3.05, 3.63) is 35.0 Å². The molecule has 1 aromatic heterocycles. The van der Waals surface area contributed by atoms with Crippen molar-refractivity contribution in [3.63, 3.8) is 0 Å². The number of carbonyl (C=O) groups excluding carboxylic acids is 1. The smallest absolute Gasteiger partial charge is 0.226 e. The molecule has 1 N–H and O–H groups in total. The van der Waals surface area contributed by atoms with Crippen molar-refractivity contribution >= 4 is 11.7 Å². The molecule has 0 fully saturated rings. The third-order valence-electron chi connectivity index (χ3n) is 4.32. The molecule has 1 atom stereocenters. The molecule has 1 aliphatic rings. The Kier molecular flexibility index (Phi) is 4.46. The summed E-state index contributed by atoms with van der Waals surface area (Å²) in [5.41, 5.74) is 3.04. The maximum absolute atomic E-state index is 12.1. The standard InChI is InChI=1S/C18H23N3O3/c1-5-8-24-15-9-12(6-7-14(15)23-4)13-10-16(22)19-18-17(13)11(2)20-21(18)3/h6-7,9,13H,5,8,10H2,1-4H3,(H,19,22)/t13-/m0/s1. The zero-order valence-electron chi connectivity index (χ0n) is 14.5. The van der Waals surface area contributed by atoms with Gasteiger partial charge in [-0.2, -0.15) is 5.10 Å². The normalized spacial score (nSPS) is 16.5. The zero-order chi connectivity index (χ0) is 17.3. The number of fused-ring (bicyclic) bond motifs is 1. The molecule has 0 unspecified atom stereocenters. The lowest BCUT2D eigenvalue weighted by Gasteiger charge is -2.24. The van der Waals surface area contributed by atoms with Crippen molar-refractivity contribution in [3.8, 4) is 11.5 Å². The number of nitrogens with one attached hydrogen (secondary N) is 1. The largest absolute Gasteiger partial charge is 0.493 e. The van der Waals surface area contributed by atoms with Gasteiger partial charge in [-0.25, -0.2) is 0 Å². The van der Waals surface area contributed by atoms with Crippen LogP contribution in [0.1, 0.15) is 42.5 Å². The molecule has 6 heteroatoms. The van der Waals surface area contributed by atoms with Gasteiger partial charge in [0.2, 0.25) is 5.91 Å². The number of rotatable bonds is 5. The third kappa shape index (κ3) is 2.84. The van der Waals surface area contributed by atoms with E-state index in [0.29, 0.717) is 24.5 Å². The summed E-state index contributed by atoms with van der Waals surface area (Å²) in [5, 5.41) is 7.38. The fourth-order valence-corrected chi connectivity index (χ4v) is 3.23. The molecule has 2 heterocycles. The molecule has 24 heavy (non-hydrogen) atoms. The summed E-state index contributed by atoms with van der Waals surface area (Å²) in [4.78, 5) is 12.1. The van der Waals surface area contributed by atoms with Gasteiger partial charge < -0.3 is 14.8 Å². The lowest BCUT2D eigenvalue weighted by atomic mass is 9.85. The van der Waals surface area contributed by atoms with Crippen LogP contribution in [0, 0.1) is 6.92 Å². The predicted octanol–water partition coefficient (Wildman–Crippen LogP) is 3.00. The Labute approximate surface area is 141 Å². The van der Waals surface area contributed by atoms with Crippen molar-refractivity contribution in [2.24, 2.45) is 7.05 Å². The molecule has 0 spiro atoms. The number of carbonyl (C=O) groups is 1. The van der Waals surface area contributed by atoms with Crippen molar-refractivity contribution in [1.82, 2.24) is 9.78 Å². The molecular formula is C18H23N3O3. The number of aromatic nitrogens is 2. The first-order valence-corrected chi connectivity index (χ1v) is 8.19. The Hall–Kier alpha value is -2.50. The van der Waals surface area contributed by atoms with E-state index in [0.717, 1.165) is 29.1 Å². The topological polar surface area (TPSA) is 65.4 Å². The summed E-state index contributed by atoms with van der Waals surface area (Å²) in [6, 6.07) is 5.88. The van der Waals surface area contributed by atoms with Crippen molar-refractivity contribution in [2.75, 3.05) is 19.0 Å². The lowest BCUT2D eigenvalue weighted by molar-refractivity contribution is -0.116. The van der Waals surface area contributed by atoms with Crippen LogP contribution in [-0.4, -0.2) is 29.4 Å². The van der Waals surface area contributed by atoms with Crippen LogP contribution in [-0.2, 0) is 11.8 Å².